The quantitative estimate of drug-likeness (QED) is 0.251. The number of carbonyl (C=O) groups excluding carboxylic acids is 1. The minimum Gasteiger partial charge on any atom is -0.464 e. The van der Waals surface area contributed by atoms with E-state index in [1.54, 1.807) is 6.92 Å². The molecule has 1 atom stereocenters. The third kappa shape index (κ3) is 5.09. The van der Waals surface area contributed by atoms with Crippen LogP contribution in [0, 0.1) is 34.9 Å². The second-order valence-corrected chi connectivity index (χ2v) is 6.81. The molecular weight excluding hydrogens is 480 g/mol. The number of hydrogen-bond donors (Lipinski definition) is 1. The van der Waals surface area contributed by atoms with Gasteiger partial charge in [0.05, 0.1) is 17.2 Å². The maximum atomic E-state index is 14.5. The van der Waals surface area contributed by atoms with E-state index in [0.29, 0.717) is 12.1 Å². The Morgan fingerprint density at radius 1 is 1.03 bits per heavy atom. The molecular formula is C21H14ClF6NO4. The van der Waals surface area contributed by atoms with Gasteiger partial charge in [-0.05, 0) is 37.4 Å². The van der Waals surface area contributed by atoms with Crippen LogP contribution in [-0.4, -0.2) is 25.4 Å². The number of dihydropyridines is 1. The molecule has 1 unspecified atom stereocenters. The summed E-state index contributed by atoms with van der Waals surface area (Å²) in [7, 11) is 0. The number of benzene rings is 2. The molecule has 0 spiro atoms. The van der Waals surface area contributed by atoms with Crippen LogP contribution < -0.4 is 10.1 Å². The summed E-state index contributed by atoms with van der Waals surface area (Å²) in [4.78, 5) is 11.5. The molecule has 33 heavy (non-hydrogen) atoms. The normalized spacial score (nSPS) is 15.2. The molecule has 0 radical (unpaired) electrons. The van der Waals surface area contributed by atoms with Crippen LogP contribution in [0.2, 0.25) is 5.02 Å². The predicted octanol–water partition coefficient (Wildman–Crippen LogP) is 5.13. The van der Waals surface area contributed by atoms with Gasteiger partial charge in [-0.2, -0.15) is 0 Å². The van der Waals surface area contributed by atoms with Gasteiger partial charge in [-0.15, -0.1) is 0 Å². The molecule has 0 aliphatic carbocycles. The molecule has 176 valence electrons. The molecule has 5 nitrogen and oxygen atoms in total. The minimum atomic E-state index is -2.38. The van der Waals surface area contributed by atoms with Crippen molar-refractivity contribution in [3.8, 4) is 16.9 Å². The lowest BCUT2D eigenvalue weighted by Crippen LogP contribution is -2.35. The summed E-state index contributed by atoms with van der Waals surface area (Å²) in [6.07, 6.45) is 3.26. The van der Waals surface area contributed by atoms with E-state index in [4.69, 9.17) is 25.8 Å². The zero-order valence-electron chi connectivity index (χ0n) is 16.7. The Kier molecular flexibility index (Phi) is 7.54. The van der Waals surface area contributed by atoms with Crippen molar-refractivity contribution in [3.05, 3.63) is 76.2 Å². The Bertz CT molecular complexity index is 1130. The van der Waals surface area contributed by atoms with Crippen LogP contribution in [0.4, 0.5) is 26.3 Å². The summed E-state index contributed by atoms with van der Waals surface area (Å²) in [5.41, 5.74) is -2.47. The van der Waals surface area contributed by atoms with E-state index in [1.807, 2.05) is 0 Å². The fourth-order valence-electron chi connectivity index (χ4n) is 2.79. The lowest BCUT2D eigenvalue weighted by Gasteiger charge is -2.24. The van der Waals surface area contributed by atoms with Crippen LogP contribution in [0.3, 0.4) is 0 Å². The van der Waals surface area contributed by atoms with Crippen molar-refractivity contribution in [3.63, 3.8) is 0 Å². The van der Waals surface area contributed by atoms with E-state index in [2.05, 4.69) is 5.32 Å². The SMILES string of the molecule is CCOC(=O)COC1NC=CC=C1Oc1cc(-c2c(F)c(F)c(F)c(F)c2F)c(F)cc1Cl. The molecule has 0 bridgehead atoms. The summed E-state index contributed by atoms with van der Waals surface area (Å²) in [6, 6.07) is 1.27. The molecule has 1 heterocycles. The van der Waals surface area contributed by atoms with E-state index in [0.717, 1.165) is 0 Å². The summed E-state index contributed by atoms with van der Waals surface area (Å²) >= 11 is 5.95. The summed E-state index contributed by atoms with van der Waals surface area (Å²) in [5.74, 6) is -13.7. The van der Waals surface area contributed by atoms with E-state index in [1.165, 1.54) is 18.4 Å². The lowest BCUT2D eigenvalue weighted by molar-refractivity contribution is -0.150. The Hall–Kier alpha value is -3.18. The van der Waals surface area contributed by atoms with Crippen molar-refractivity contribution in [1.29, 1.82) is 0 Å². The first kappa shape index (κ1) is 24.5. The van der Waals surface area contributed by atoms with Crippen LogP contribution >= 0.6 is 11.6 Å². The first-order chi connectivity index (χ1) is 15.6. The molecule has 0 aromatic heterocycles. The van der Waals surface area contributed by atoms with Crippen LogP contribution in [0.5, 0.6) is 5.75 Å². The van der Waals surface area contributed by atoms with Gasteiger partial charge in [0.15, 0.2) is 35.3 Å². The van der Waals surface area contributed by atoms with E-state index >= 15 is 0 Å². The van der Waals surface area contributed by atoms with Crippen molar-refractivity contribution < 1.29 is 45.3 Å². The number of esters is 1. The number of hydrogen-bond acceptors (Lipinski definition) is 5. The standard InChI is InChI=1S/C21H14ClF6NO4/c1-2-31-14(30)8-32-21-12(4-3-5-29-21)33-13-6-9(11(23)7-10(13)22)15-16(24)18(26)20(28)19(27)17(15)25/h3-7,21,29H,2,8H2,1H3. The van der Waals surface area contributed by atoms with Crippen molar-refractivity contribution >= 4 is 17.6 Å². The number of rotatable bonds is 7. The fraction of sp³-hybridized carbons (Fsp3) is 0.190. The average molecular weight is 494 g/mol. The molecule has 0 saturated heterocycles. The summed E-state index contributed by atoms with van der Waals surface area (Å²) < 4.78 is 99.0. The van der Waals surface area contributed by atoms with Gasteiger partial charge in [0.1, 0.15) is 18.2 Å². The van der Waals surface area contributed by atoms with Gasteiger partial charge in [-0.3, -0.25) is 0 Å². The molecule has 12 heteroatoms. The van der Waals surface area contributed by atoms with Gasteiger partial charge in [-0.25, -0.2) is 31.1 Å². The van der Waals surface area contributed by atoms with Gasteiger partial charge in [0, 0.05) is 5.56 Å². The van der Waals surface area contributed by atoms with Gasteiger partial charge in [-0.1, -0.05) is 11.6 Å². The van der Waals surface area contributed by atoms with Crippen LogP contribution in [0.25, 0.3) is 11.1 Å². The maximum absolute atomic E-state index is 14.5. The summed E-state index contributed by atoms with van der Waals surface area (Å²) in [5, 5.41) is 2.35. The van der Waals surface area contributed by atoms with Crippen molar-refractivity contribution in [2.45, 2.75) is 13.2 Å². The van der Waals surface area contributed by atoms with Gasteiger partial charge < -0.3 is 19.5 Å². The van der Waals surface area contributed by atoms with Crippen LogP contribution in [-0.2, 0) is 14.3 Å². The number of halogens is 7. The molecule has 1 aliphatic rings. The van der Waals surface area contributed by atoms with Crippen molar-refractivity contribution in [1.82, 2.24) is 5.32 Å². The Morgan fingerprint density at radius 3 is 2.30 bits per heavy atom. The molecule has 1 aliphatic heterocycles. The van der Waals surface area contributed by atoms with E-state index < -0.39 is 64.8 Å². The Balaban J connectivity index is 1.97. The average Bonchev–Trinajstić information content (AvgIpc) is 2.79. The third-order valence-corrected chi connectivity index (χ3v) is 4.56. The number of carbonyl (C=O) groups is 1. The Morgan fingerprint density at radius 2 is 1.67 bits per heavy atom. The second kappa shape index (κ2) is 10.2. The molecule has 2 aromatic carbocycles. The molecule has 0 amide bonds. The van der Waals surface area contributed by atoms with E-state index in [-0.39, 0.29) is 23.1 Å². The van der Waals surface area contributed by atoms with Crippen LogP contribution in [0.15, 0.2) is 36.2 Å². The highest BCUT2D eigenvalue weighted by Crippen LogP contribution is 2.38. The maximum Gasteiger partial charge on any atom is 0.332 e. The second-order valence-electron chi connectivity index (χ2n) is 6.40. The van der Waals surface area contributed by atoms with Crippen LogP contribution in [0.1, 0.15) is 6.92 Å². The lowest BCUT2D eigenvalue weighted by atomic mass is 10.0. The number of nitrogens with one attached hydrogen (secondary N) is 1. The first-order valence-electron chi connectivity index (χ1n) is 9.24. The smallest absolute Gasteiger partial charge is 0.332 e. The van der Waals surface area contributed by atoms with Gasteiger partial charge in [0.2, 0.25) is 5.82 Å². The predicted molar refractivity (Wildman–Crippen MR) is 104 cm³/mol. The Labute approximate surface area is 188 Å². The molecule has 1 N–H and O–H groups in total. The van der Waals surface area contributed by atoms with E-state index in [9.17, 15) is 31.1 Å². The highest BCUT2D eigenvalue weighted by Gasteiger charge is 2.29. The molecule has 0 saturated carbocycles. The van der Waals surface area contributed by atoms with Crippen molar-refractivity contribution in [2.24, 2.45) is 0 Å². The molecule has 3 rings (SSSR count). The third-order valence-electron chi connectivity index (χ3n) is 4.26. The largest absolute Gasteiger partial charge is 0.464 e. The zero-order chi connectivity index (χ0) is 24.3. The number of allylic oxidation sites excluding steroid dienone is 2. The fourth-order valence-corrected chi connectivity index (χ4v) is 2.98. The first-order valence-corrected chi connectivity index (χ1v) is 9.62. The molecule has 2 aromatic rings. The van der Waals surface area contributed by atoms with Gasteiger partial charge in [0.25, 0.3) is 0 Å². The highest BCUT2D eigenvalue weighted by molar-refractivity contribution is 6.32. The number of ether oxygens (including phenoxy) is 3. The van der Waals surface area contributed by atoms with Crippen molar-refractivity contribution in [2.75, 3.05) is 13.2 Å². The van der Waals surface area contributed by atoms with Gasteiger partial charge >= 0.3 is 5.97 Å². The summed E-state index contributed by atoms with van der Waals surface area (Å²) in [6.45, 7) is 1.27. The molecule has 0 fully saturated rings. The minimum absolute atomic E-state index is 0.0151. The monoisotopic (exact) mass is 493 g/mol. The highest BCUT2D eigenvalue weighted by atomic mass is 35.5. The topological polar surface area (TPSA) is 56.8 Å². The zero-order valence-corrected chi connectivity index (χ0v) is 17.4.